The monoisotopic (exact) mass is 484 g/mol. The second kappa shape index (κ2) is 8.22. The first-order valence-corrected chi connectivity index (χ1v) is 13.0. The second-order valence-corrected chi connectivity index (χ2v) is 9.88. The quantitative estimate of drug-likeness (QED) is 0.236. The van der Waals surface area contributed by atoms with E-state index in [1.165, 1.54) is 66.0 Å². The van der Waals surface area contributed by atoms with Gasteiger partial charge in [-0.3, -0.25) is 0 Å². The summed E-state index contributed by atoms with van der Waals surface area (Å²) < 4.78 is 4.68. The Labute approximate surface area is 220 Å². The highest BCUT2D eigenvalue weighted by Gasteiger charge is 2.15. The van der Waals surface area contributed by atoms with Crippen LogP contribution in [0.3, 0.4) is 0 Å². The van der Waals surface area contributed by atoms with Gasteiger partial charge in [-0.25, -0.2) is 0 Å². The molecule has 38 heavy (non-hydrogen) atoms. The van der Waals surface area contributed by atoms with Gasteiger partial charge in [-0.05, 0) is 76.5 Å². The molecule has 0 aliphatic heterocycles. The number of benzene rings is 6. The van der Waals surface area contributed by atoms with Crippen LogP contribution in [0.4, 0.5) is 0 Å². The highest BCUT2D eigenvalue weighted by Crippen LogP contribution is 2.38. The third-order valence-electron chi connectivity index (χ3n) is 7.75. The van der Waals surface area contributed by atoms with Gasteiger partial charge in [0.25, 0.3) is 0 Å². The number of aromatic nitrogens is 2. The SMILES string of the molecule is c1ccc(-c2ccc(-n3c4ccccc4c4cc5c(ccc6c5ccn6-c5ccccc5)cc43)cc2)cc1. The molecule has 2 heterocycles. The fourth-order valence-corrected chi connectivity index (χ4v) is 5.94. The summed E-state index contributed by atoms with van der Waals surface area (Å²) in [6, 6.07) is 50.3. The number of rotatable bonds is 3. The van der Waals surface area contributed by atoms with Crippen molar-refractivity contribution >= 4 is 43.5 Å². The Morgan fingerprint density at radius 3 is 1.87 bits per heavy atom. The summed E-state index contributed by atoms with van der Waals surface area (Å²) in [4.78, 5) is 0. The molecule has 0 radical (unpaired) electrons. The lowest BCUT2D eigenvalue weighted by atomic mass is 10.0. The van der Waals surface area contributed by atoms with Crippen LogP contribution in [-0.4, -0.2) is 9.13 Å². The largest absolute Gasteiger partial charge is 0.317 e. The van der Waals surface area contributed by atoms with Crippen LogP contribution in [0.1, 0.15) is 0 Å². The van der Waals surface area contributed by atoms with Crippen LogP contribution in [0.15, 0.2) is 146 Å². The van der Waals surface area contributed by atoms with Crippen LogP contribution in [0, 0.1) is 0 Å². The Kier molecular flexibility index (Phi) is 4.55. The van der Waals surface area contributed by atoms with E-state index >= 15 is 0 Å². The van der Waals surface area contributed by atoms with E-state index in [4.69, 9.17) is 0 Å². The lowest BCUT2D eigenvalue weighted by molar-refractivity contribution is 1.13. The van der Waals surface area contributed by atoms with Gasteiger partial charge in [0, 0.05) is 33.7 Å². The van der Waals surface area contributed by atoms with Crippen molar-refractivity contribution in [2.45, 2.75) is 0 Å². The molecule has 0 aliphatic rings. The molecule has 0 saturated carbocycles. The predicted octanol–water partition coefficient (Wildman–Crippen LogP) is 9.55. The van der Waals surface area contributed by atoms with Crippen LogP contribution in [0.2, 0.25) is 0 Å². The average molecular weight is 485 g/mol. The third kappa shape index (κ3) is 3.14. The van der Waals surface area contributed by atoms with E-state index < -0.39 is 0 Å². The number of nitrogens with zero attached hydrogens (tertiary/aromatic N) is 2. The highest BCUT2D eigenvalue weighted by atomic mass is 15.0. The number of fused-ring (bicyclic) bond motifs is 6. The minimum absolute atomic E-state index is 1.17. The molecule has 0 spiro atoms. The average Bonchev–Trinajstić information content (AvgIpc) is 3.57. The molecule has 0 unspecified atom stereocenters. The third-order valence-corrected chi connectivity index (χ3v) is 7.75. The second-order valence-electron chi connectivity index (χ2n) is 9.88. The fraction of sp³-hybridized carbons (Fsp3) is 0. The first-order valence-electron chi connectivity index (χ1n) is 13.0. The minimum atomic E-state index is 1.17. The maximum atomic E-state index is 2.40. The van der Waals surface area contributed by atoms with E-state index in [0.717, 1.165) is 0 Å². The Balaban J connectivity index is 1.36. The molecule has 0 bridgehead atoms. The molecule has 2 nitrogen and oxygen atoms in total. The van der Waals surface area contributed by atoms with E-state index in [1.54, 1.807) is 0 Å². The molecule has 8 aromatic rings. The molecule has 178 valence electrons. The highest BCUT2D eigenvalue weighted by molar-refractivity contribution is 6.18. The number of hydrogen-bond acceptors (Lipinski definition) is 0. The van der Waals surface area contributed by atoms with E-state index in [2.05, 4.69) is 155 Å². The van der Waals surface area contributed by atoms with Crippen molar-refractivity contribution in [2.24, 2.45) is 0 Å². The van der Waals surface area contributed by atoms with Crippen LogP contribution in [0.25, 0.3) is 66.0 Å². The van der Waals surface area contributed by atoms with Crippen molar-refractivity contribution in [3.8, 4) is 22.5 Å². The summed E-state index contributed by atoms with van der Waals surface area (Å²) in [5.74, 6) is 0. The summed E-state index contributed by atoms with van der Waals surface area (Å²) >= 11 is 0. The Morgan fingerprint density at radius 2 is 1.05 bits per heavy atom. The van der Waals surface area contributed by atoms with Gasteiger partial charge in [0.2, 0.25) is 0 Å². The normalized spacial score (nSPS) is 11.7. The van der Waals surface area contributed by atoms with Crippen LogP contribution in [0.5, 0.6) is 0 Å². The maximum absolute atomic E-state index is 2.40. The topological polar surface area (TPSA) is 9.86 Å². The molecular formula is C36H24N2. The molecule has 8 rings (SSSR count). The first-order chi connectivity index (χ1) is 18.8. The standard InChI is InChI=1S/C36H24N2/c1-3-9-25(10-4-1)26-15-18-29(19-16-26)38-35-14-8-7-13-30(35)33-24-32-27(23-36(33)38)17-20-34-31(32)21-22-37(34)28-11-5-2-6-12-28/h1-24H. The van der Waals surface area contributed by atoms with Gasteiger partial charge in [0.15, 0.2) is 0 Å². The zero-order chi connectivity index (χ0) is 25.1. The molecule has 2 aromatic heterocycles. The Morgan fingerprint density at radius 1 is 0.368 bits per heavy atom. The van der Waals surface area contributed by atoms with Gasteiger partial charge < -0.3 is 9.13 Å². The van der Waals surface area contributed by atoms with E-state index in [0.29, 0.717) is 0 Å². The van der Waals surface area contributed by atoms with Crippen LogP contribution < -0.4 is 0 Å². The molecule has 0 aliphatic carbocycles. The van der Waals surface area contributed by atoms with Gasteiger partial charge in [-0.2, -0.15) is 0 Å². The first kappa shape index (κ1) is 21.0. The summed E-state index contributed by atoms with van der Waals surface area (Å²) in [6.07, 6.45) is 2.18. The van der Waals surface area contributed by atoms with Gasteiger partial charge >= 0.3 is 0 Å². The van der Waals surface area contributed by atoms with Crippen molar-refractivity contribution < 1.29 is 0 Å². The zero-order valence-corrected chi connectivity index (χ0v) is 20.8. The van der Waals surface area contributed by atoms with Crippen LogP contribution >= 0.6 is 0 Å². The molecule has 0 fully saturated rings. The molecule has 0 N–H and O–H groups in total. The van der Waals surface area contributed by atoms with Gasteiger partial charge in [0.05, 0.1) is 16.6 Å². The van der Waals surface area contributed by atoms with Gasteiger partial charge in [-0.1, -0.05) is 84.9 Å². The van der Waals surface area contributed by atoms with E-state index in [-0.39, 0.29) is 0 Å². The van der Waals surface area contributed by atoms with Crippen LogP contribution in [-0.2, 0) is 0 Å². The molecular weight excluding hydrogens is 460 g/mol. The Bertz CT molecular complexity index is 2100. The molecule has 0 atom stereocenters. The number of hydrogen-bond donors (Lipinski definition) is 0. The summed E-state index contributed by atoms with van der Waals surface area (Å²) in [6.45, 7) is 0. The lowest BCUT2D eigenvalue weighted by Crippen LogP contribution is -1.94. The van der Waals surface area contributed by atoms with Crippen molar-refractivity contribution in [3.63, 3.8) is 0 Å². The van der Waals surface area contributed by atoms with Crippen molar-refractivity contribution in [2.75, 3.05) is 0 Å². The Hall–Kier alpha value is -5.08. The summed E-state index contributed by atoms with van der Waals surface area (Å²) in [5.41, 5.74) is 8.49. The molecule has 0 saturated heterocycles. The molecule has 6 aromatic carbocycles. The zero-order valence-electron chi connectivity index (χ0n) is 20.8. The van der Waals surface area contributed by atoms with Crippen molar-refractivity contribution in [1.29, 1.82) is 0 Å². The number of para-hydroxylation sites is 2. The van der Waals surface area contributed by atoms with Gasteiger partial charge in [0.1, 0.15) is 0 Å². The lowest BCUT2D eigenvalue weighted by Gasteiger charge is -2.10. The fourth-order valence-electron chi connectivity index (χ4n) is 5.94. The summed E-state index contributed by atoms with van der Waals surface area (Å²) in [5, 5.41) is 6.36. The van der Waals surface area contributed by atoms with Crippen molar-refractivity contribution in [1.82, 2.24) is 9.13 Å². The minimum Gasteiger partial charge on any atom is -0.317 e. The smallest absolute Gasteiger partial charge is 0.0547 e. The van der Waals surface area contributed by atoms with Gasteiger partial charge in [-0.15, -0.1) is 0 Å². The maximum Gasteiger partial charge on any atom is 0.0547 e. The molecule has 2 heteroatoms. The van der Waals surface area contributed by atoms with E-state index in [1.807, 2.05) is 0 Å². The summed E-state index contributed by atoms with van der Waals surface area (Å²) in [7, 11) is 0. The van der Waals surface area contributed by atoms with Crippen molar-refractivity contribution in [3.05, 3.63) is 146 Å². The predicted molar refractivity (Wildman–Crippen MR) is 161 cm³/mol. The molecule has 0 amide bonds. The van der Waals surface area contributed by atoms with E-state index in [9.17, 15) is 0 Å².